The van der Waals surface area contributed by atoms with E-state index < -0.39 is 12.0 Å². The van der Waals surface area contributed by atoms with Crippen LogP contribution < -0.4 is 10.5 Å². The van der Waals surface area contributed by atoms with Gasteiger partial charge in [-0.15, -0.1) is 11.3 Å². The Kier molecular flexibility index (Phi) is 3.89. The zero-order valence-corrected chi connectivity index (χ0v) is 11.3. The second kappa shape index (κ2) is 5.42. The molecule has 1 atom stereocenters. The van der Waals surface area contributed by atoms with Gasteiger partial charge < -0.3 is 10.5 Å². The highest BCUT2D eigenvalue weighted by molar-refractivity contribution is 7.19. The highest BCUT2D eigenvalue weighted by Crippen LogP contribution is 2.36. The fourth-order valence-electron chi connectivity index (χ4n) is 1.48. The molecule has 0 aliphatic heterocycles. The average molecular weight is 282 g/mol. The van der Waals surface area contributed by atoms with Crippen molar-refractivity contribution in [3.63, 3.8) is 0 Å². The number of hydrogen-bond donors (Lipinski definition) is 1. The summed E-state index contributed by atoms with van der Waals surface area (Å²) in [6.45, 7) is 1.63. The van der Waals surface area contributed by atoms with Crippen LogP contribution in [0.2, 0.25) is 4.34 Å². The molecule has 0 aliphatic carbocycles. The van der Waals surface area contributed by atoms with Crippen molar-refractivity contribution < 1.29 is 9.53 Å². The van der Waals surface area contributed by atoms with E-state index in [-0.39, 0.29) is 0 Å². The molecular formula is C13H12ClNO2S. The van der Waals surface area contributed by atoms with Gasteiger partial charge in [0.1, 0.15) is 5.75 Å². The summed E-state index contributed by atoms with van der Waals surface area (Å²) in [6, 6.07) is 11.2. The van der Waals surface area contributed by atoms with Crippen LogP contribution >= 0.6 is 22.9 Å². The Labute approximate surface area is 114 Å². The molecule has 0 radical (unpaired) electrons. The van der Waals surface area contributed by atoms with E-state index in [1.54, 1.807) is 6.92 Å². The number of rotatable bonds is 4. The molecule has 1 aromatic carbocycles. The van der Waals surface area contributed by atoms with Crippen LogP contribution in [0, 0.1) is 0 Å². The fraction of sp³-hybridized carbons (Fsp3) is 0.154. The zero-order valence-electron chi connectivity index (χ0n) is 9.72. The third kappa shape index (κ3) is 2.83. The smallest absolute Gasteiger partial charge is 0.258 e. The molecule has 0 spiro atoms. The largest absolute Gasteiger partial charge is 0.480 e. The first-order valence-corrected chi connectivity index (χ1v) is 6.58. The molecule has 1 amide bonds. The van der Waals surface area contributed by atoms with Crippen LogP contribution in [0.1, 0.15) is 6.92 Å². The number of hydrogen-bond acceptors (Lipinski definition) is 3. The molecule has 1 heterocycles. The lowest BCUT2D eigenvalue weighted by Crippen LogP contribution is -2.30. The highest BCUT2D eigenvalue weighted by atomic mass is 35.5. The van der Waals surface area contributed by atoms with Crippen molar-refractivity contribution in [2.75, 3.05) is 0 Å². The van der Waals surface area contributed by atoms with Crippen LogP contribution in [0.4, 0.5) is 0 Å². The number of para-hydroxylation sites is 1. The van der Waals surface area contributed by atoms with E-state index in [4.69, 9.17) is 22.1 Å². The molecular weight excluding hydrogens is 270 g/mol. The molecule has 1 unspecified atom stereocenters. The minimum atomic E-state index is -0.665. The lowest BCUT2D eigenvalue weighted by Gasteiger charge is -2.14. The van der Waals surface area contributed by atoms with E-state index >= 15 is 0 Å². The summed E-state index contributed by atoms with van der Waals surface area (Å²) in [4.78, 5) is 12.0. The van der Waals surface area contributed by atoms with Gasteiger partial charge in [0.2, 0.25) is 0 Å². The standard InChI is InChI=1S/C13H12ClNO2S/c1-8(13(15)16)17-10-5-3-2-4-9(10)11-6-7-12(14)18-11/h2-8H,1H3,(H2,15,16). The molecule has 2 N–H and O–H groups in total. The minimum absolute atomic E-state index is 0.492. The van der Waals surface area contributed by atoms with Gasteiger partial charge in [-0.1, -0.05) is 23.7 Å². The lowest BCUT2D eigenvalue weighted by molar-refractivity contribution is -0.123. The van der Waals surface area contributed by atoms with Gasteiger partial charge in [0.05, 0.1) is 4.34 Å². The second-order valence-corrected chi connectivity index (χ2v) is 5.48. The molecule has 1 aromatic heterocycles. The Hall–Kier alpha value is -1.52. The first-order chi connectivity index (χ1) is 8.58. The van der Waals surface area contributed by atoms with Crippen LogP contribution in [-0.4, -0.2) is 12.0 Å². The molecule has 2 rings (SSSR count). The minimum Gasteiger partial charge on any atom is -0.480 e. The number of primary amides is 1. The van der Waals surface area contributed by atoms with Gasteiger partial charge in [-0.05, 0) is 31.2 Å². The Bertz CT molecular complexity index is 568. The first-order valence-electron chi connectivity index (χ1n) is 5.38. The van der Waals surface area contributed by atoms with Gasteiger partial charge in [-0.3, -0.25) is 4.79 Å². The normalized spacial score (nSPS) is 12.1. The van der Waals surface area contributed by atoms with Crippen molar-refractivity contribution in [1.82, 2.24) is 0 Å². The number of amides is 1. The number of nitrogens with two attached hydrogens (primary N) is 1. The number of carbonyl (C=O) groups excluding carboxylic acids is 1. The summed E-state index contributed by atoms with van der Waals surface area (Å²) in [7, 11) is 0. The topological polar surface area (TPSA) is 52.3 Å². The Balaban J connectivity index is 2.34. The monoisotopic (exact) mass is 281 g/mol. The summed E-state index contributed by atoms with van der Waals surface area (Å²) < 4.78 is 6.27. The molecule has 0 saturated carbocycles. The van der Waals surface area contributed by atoms with Crippen LogP contribution in [-0.2, 0) is 4.79 Å². The summed E-state index contributed by atoms with van der Waals surface area (Å²) in [5.41, 5.74) is 6.10. The van der Waals surface area contributed by atoms with Crippen LogP contribution in [0.15, 0.2) is 36.4 Å². The van der Waals surface area contributed by atoms with Gasteiger partial charge >= 0.3 is 0 Å². The number of thiophene rings is 1. The summed E-state index contributed by atoms with van der Waals surface area (Å²) in [5.74, 6) is 0.135. The predicted octanol–water partition coefficient (Wildman–Crippen LogP) is 3.32. The molecule has 2 aromatic rings. The number of benzene rings is 1. The van der Waals surface area contributed by atoms with Crippen molar-refractivity contribution in [3.8, 4) is 16.2 Å². The Morgan fingerprint density at radius 3 is 2.67 bits per heavy atom. The number of carbonyl (C=O) groups is 1. The zero-order chi connectivity index (χ0) is 13.1. The molecule has 5 heteroatoms. The molecule has 3 nitrogen and oxygen atoms in total. The molecule has 18 heavy (non-hydrogen) atoms. The maximum absolute atomic E-state index is 11.0. The van der Waals surface area contributed by atoms with Crippen LogP contribution in [0.3, 0.4) is 0 Å². The van der Waals surface area contributed by atoms with Crippen molar-refractivity contribution in [2.24, 2.45) is 5.73 Å². The molecule has 0 bridgehead atoms. The van der Waals surface area contributed by atoms with Crippen LogP contribution in [0.25, 0.3) is 10.4 Å². The van der Waals surface area contributed by atoms with E-state index in [1.165, 1.54) is 11.3 Å². The first kappa shape index (κ1) is 12.9. The quantitative estimate of drug-likeness (QED) is 0.935. The third-order valence-electron chi connectivity index (χ3n) is 2.43. The van der Waals surface area contributed by atoms with Crippen molar-refractivity contribution in [1.29, 1.82) is 0 Å². The van der Waals surface area contributed by atoms with Gasteiger partial charge in [-0.25, -0.2) is 0 Å². The molecule has 0 saturated heterocycles. The summed E-state index contributed by atoms with van der Waals surface area (Å²) in [5, 5.41) is 0. The van der Waals surface area contributed by atoms with Gasteiger partial charge in [0, 0.05) is 10.4 Å². The predicted molar refractivity (Wildman–Crippen MR) is 74.0 cm³/mol. The van der Waals surface area contributed by atoms with E-state index in [1.807, 2.05) is 36.4 Å². The summed E-state index contributed by atoms with van der Waals surface area (Å²) >= 11 is 7.38. The summed E-state index contributed by atoms with van der Waals surface area (Å²) in [6.07, 6.45) is -0.665. The molecule has 0 aliphatic rings. The second-order valence-electron chi connectivity index (χ2n) is 3.76. The fourth-order valence-corrected chi connectivity index (χ4v) is 2.55. The van der Waals surface area contributed by atoms with E-state index in [2.05, 4.69) is 0 Å². The molecule has 0 fully saturated rings. The van der Waals surface area contributed by atoms with E-state index in [0.717, 1.165) is 10.4 Å². The molecule has 94 valence electrons. The number of halogens is 1. The van der Waals surface area contributed by atoms with Gasteiger partial charge in [-0.2, -0.15) is 0 Å². The number of ether oxygens (including phenoxy) is 1. The lowest BCUT2D eigenvalue weighted by atomic mass is 10.1. The van der Waals surface area contributed by atoms with E-state index in [9.17, 15) is 4.79 Å². The van der Waals surface area contributed by atoms with Crippen LogP contribution in [0.5, 0.6) is 5.75 Å². The Morgan fingerprint density at radius 2 is 2.06 bits per heavy atom. The average Bonchev–Trinajstić information content (AvgIpc) is 2.76. The van der Waals surface area contributed by atoms with E-state index in [0.29, 0.717) is 10.1 Å². The third-order valence-corrected chi connectivity index (χ3v) is 3.69. The maximum atomic E-state index is 11.0. The van der Waals surface area contributed by atoms with Gasteiger partial charge in [0.25, 0.3) is 5.91 Å². The van der Waals surface area contributed by atoms with Gasteiger partial charge in [0.15, 0.2) is 6.10 Å². The van der Waals surface area contributed by atoms with Crippen molar-refractivity contribution in [2.45, 2.75) is 13.0 Å². The Morgan fingerprint density at radius 1 is 1.33 bits per heavy atom. The van der Waals surface area contributed by atoms with Crippen molar-refractivity contribution >= 4 is 28.8 Å². The van der Waals surface area contributed by atoms with Crippen molar-refractivity contribution in [3.05, 3.63) is 40.7 Å². The SMILES string of the molecule is CC(Oc1ccccc1-c1ccc(Cl)s1)C(N)=O. The highest BCUT2D eigenvalue weighted by Gasteiger charge is 2.14. The maximum Gasteiger partial charge on any atom is 0.258 e.